The van der Waals surface area contributed by atoms with Crippen LogP contribution in [-0.2, 0) is 5.41 Å². The van der Waals surface area contributed by atoms with Crippen molar-refractivity contribution in [1.82, 2.24) is 0 Å². The highest BCUT2D eigenvalue weighted by molar-refractivity contribution is 9.11. The summed E-state index contributed by atoms with van der Waals surface area (Å²) in [5.74, 6) is 2.24. The monoisotopic (exact) mass is 548 g/mol. The number of rotatable bonds is 10. The smallest absolute Gasteiger partial charge is 0.147 e. The second kappa shape index (κ2) is 11.0. The van der Waals surface area contributed by atoms with Crippen LogP contribution in [0, 0.1) is 5.92 Å². The van der Waals surface area contributed by atoms with E-state index in [0.717, 1.165) is 25.8 Å². The third kappa shape index (κ3) is 6.59. The lowest BCUT2D eigenvalue weighted by Gasteiger charge is -2.27. The minimum absolute atomic E-state index is 0.0585. The quantitative estimate of drug-likeness (QED) is 0.383. The van der Waals surface area contributed by atoms with Crippen LogP contribution in [0.5, 0.6) is 11.5 Å². The van der Waals surface area contributed by atoms with Crippen LogP contribution in [-0.4, -0.2) is 42.0 Å². The maximum absolute atomic E-state index is 9.41. The summed E-state index contributed by atoms with van der Waals surface area (Å²) in [6, 6.07) is 11.9. The molecule has 0 fully saturated rings. The number of benzene rings is 2. The highest BCUT2D eigenvalue weighted by atomic mass is 79.9. The van der Waals surface area contributed by atoms with Gasteiger partial charge in [0.2, 0.25) is 0 Å². The molecule has 4 nitrogen and oxygen atoms in total. The number of aliphatic hydroxyl groups is 2. The van der Waals surface area contributed by atoms with E-state index in [1.807, 2.05) is 31.2 Å². The van der Waals surface area contributed by atoms with Crippen molar-refractivity contribution in [1.29, 1.82) is 0 Å². The molecule has 0 aliphatic heterocycles. The number of hydrogen-bond donors (Lipinski definition) is 2. The summed E-state index contributed by atoms with van der Waals surface area (Å²) in [5.41, 5.74) is 1.99. The summed E-state index contributed by atoms with van der Waals surface area (Å²) in [5, 5.41) is 18.3. The van der Waals surface area contributed by atoms with Gasteiger partial charge in [-0.3, -0.25) is 0 Å². The summed E-state index contributed by atoms with van der Waals surface area (Å²) in [4.78, 5) is 0. The molecule has 0 aromatic heterocycles. The van der Waals surface area contributed by atoms with Gasteiger partial charge in [0.25, 0.3) is 0 Å². The number of alkyl halides is 1. The molecule has 0 saturated heterocycles. The molecule has 0 bridgehead atoms. The van der Waals surface area contributed by atoms with Crippen LogP contribution in [0.25, 0.3) is 0 Å². The molecule has 0 aliphatic rings. The van der Waals surface area contributed by atoms with E-state index in [-0.39, 0.29) is 24.5 Å². The molecule has 0 spiro atoms. The van der Waals surface area contributed by atoms with Crippen molar-refractivity contribution in [2.75, 3.05) is 25.7 Å². The first-order valence-corrected chi connectivity index (χ1v) is 11.5. The van der Waals surface area contributed by atoms with Crippen LogP contribution in [0.15, 0.2) is 45.3 Å². The Labute approximate surface area is 194 Å². The molecule has 0 heterocycles. The highest BCUT2D eigenvalue weighted by Crippen LogP contribution is 2.41. The third-order valence-electron chi connectivity index (χ3n) is 4.72. The molecule has 0 aliphatic carbocycles. The van der Waals surface area contributed by atoms with E-state index < -0.39 is 6.10 Å². The number of hydrogen-bond acceptors (Lipinski definition) is 4. The molecule has 0 saturated carbocycles. The molecule has 2 rings (SSSR count). The van der Waals surface area contributed by atoms with Gasteiger partial charge in [-0.15, -0.1) is 11.6 Å². The molecule has 29 heavy (non-hydrogen) atoms. The van der Waals surface area contributed by atoms with Gasteiger partial charge in [-0.2, -0.15) is 0 Å². The average molecular weight is 551 g/mol. The van der Waals surface area contributed by atoms with E-state index in [1.54, 1.807) is 0 Å². The van der Waals surface area contributed by atoms with Crippen LogP contribution in [0.4, 0.5) is 0 Å². The Kier molecular flexibility index (Phi) is 9.29. The standard InChI is InChI=1S/C22H27Br2ClO4/c1-14(10-25)12-29-21-19(23)8-16(9-20(21)24)22(2,3)15-4-6-18(7-5-15)28-13-17(27)11-26/h4-9,14,17,26-27H,10-13H2,1-3H3/t14-,17-/m1/s1. The normalized spacial score (nSPS) is 13.8. The zero-order valence-corrected chi connectivity index (χ0v) is 20.7. The van der Waals surface area contributed by atoms with Gasteiger partial charge in [0, 0.05) is 17.2 Å². The van der Waals surface area contributed by atoms with E-state index in [0.29, 0.717) is 18.2 Å². The number of aliphatic hydroxyl groups excluding tert-OH is 2. The zero-order chi connectivity index (χ0) is 21.6. The minimum Gasteiger partial charge on any atom is -0.491 e. The van der Waals surface area contributed by atoms with E-state index >= 15 is 0 Å². The fourth-order valence-corrected chi connectivity index (χ4v) is 4.21. The molecule has 0 unspecified atom stereocenters. The van der Waals surface area contributed by atoms with Crippen LogP contribution >= 0.6 is 43.5 Å². The second-order valence-electron chi connectivity index (χ2n) is 7.64. The van der Waals surface area contributed by atoms with Gasteiger partial charge in [0.05, 0.1) is 22.2 Å². The van der Waals surface area contributed by atoms with Gasteiger partial charge in [-0.1, -0.05) is 32.9 Å². The fourth-order valence-electron chi connectivity index (χ4n) is 2.71. The first kappa shape index (κ1) is 24.5. The van der Waals surface area contributed by atoms with Gasteiger partial charge in [0.1, 0.15) is 24.2 Å². The molecule has 2 N–H and O–H groups in total. The molecule has 0 radical (unpaired) electrons. The van der Waals surface area contributed by atoms with Crippen LogP contribution in [0.2, 0.25) is 0 Å². The Balaban J connectivity index is 2.19. The molecule has 7 heteroatoms. The molecule has 160 valence electrons. The molecule has 2 aromatic carbocycles. The maximum Gasteiger partial charge on any atom is 0.147 e. The van der Waals surface area contributed by atoms with Crippen LogP contribution in [0.3, 0.4) is 0 Å². The summed E-state index contributed by atoms with van der Waals surface area (Å²) < 4.78 is 13.2. The average Bonchev–Trinajstić information content (AvgIpc) is 2.71. The van der Waals surface area contributed by atoms with Gasteiger partial charge in [-0.05, 0) is 67.3 Å². The van der Waals surface area contributed by atoms with E-state index in [4.69, 9.17) is 26.2 Å². The lowest BCUT2D eigenvalue weighted by atomic mass is 9.78. The van der Waals surface area contributed by atoms with E-state index in [9.17, 15) is 5.11 Å². The first-order valence-electron chi connectivity index (χ1n) is 9.39. The van der Waals surface area contributed by atoms with Crippen molar-refractivity contribution >= 4 is 43.5 Å². The van der Waals surface area contributed by atoms with Gasteiger partial charge >= 0.3 is 0 Å². The van der Waals surface area contributed by atoms with E-state index in [1.165, 1.54) is 0 Å². The van der Waals surface area contributed by atoms with E-state index in [2.05, 4.69) is 57.8 Å². The van der Waals surface area contributed by atoms with Crippen molar-refractivity contribution in [2.24, 2.45) is 5.92 Å². The SMILES string of the molecule is C[C@H](CCl)COc1c(Br)cc(C(C)(C)c2ccc(OC[C@H](O)CO)cc2)cc1Br. The fraction of sp³-hybridized carbons (Fsp3) is 0.455. The molecule has 0 amide bonds. The van der Waals surface area contributed by atoms with Crippen molar-refractivity contribution < 1.29 is 19.7 Å². The molecule has 2 atom stereocenters. The summed E-state index contributed by atoms with van der Waals surface area (Å²) in [7, 11) is 0. The van der Waals surface area contributed by atoms with Crippen molar-refractivity contribution in [3.63, 3.8) is 0 Å². The summed E-state index contributed by atoms with van der Waals surface area (Å²) in [6.07, 6.45) is -0.881. The van der Waals surface area contributed by atoms with Gasteiger partial charge < -0.3 is 19.7 Å². The second-order valence-corrected chi connectivity index (χ2v) is 9.65. The summed E-state index contributed by atoms with van der Waals surface area (Å²) in [6.45, 7) is 6.65. The van der Waals surface area contributed by atoms with Crippen LogP contribution in [0.1, 0.15) is 31.9 Å². The maximum atomic E-state index is 9.41. The van der Waals surface area contributed by atoms with Crippen molar-refractivity contribution in [2.45, 2.75) is 32.3 Å². The minimum atomic E-state index is -0.881. The highest BCUT2D eigenvalue weighted by Gasteiger charge is 2.25. The largest absolute Gasteiger partial charge is 0.491 e. The topological polar surface area (TPSA) is 58.9 Å². The Morgan fingerprint density at radius 1 is 1.00 bits per heavy atom. The molecule has 2 aromatic rings. The summed E-state index contributed by atoms with van der Waals surface area (Å²) >= 11 is 13.1. The third-order valence-corrected chi connectivity index (χ3v) is 6.43. The first-order chi connectivity index (χ1) is 13.7. The predicted octanol–water partition coefficient (Wildman–Crippen LogP) is 5.52. The Bertz CT molecular complexity index is 773. The zero-order valence-electron chi connectivity index (χ0n) is 16.8. The Hall–Kier alpha value is -0.790. The number of halogens is 3. The predicted molar refractivity (Wildman–Crippen MR) is 124 cm³/mol. The van der Waals surface area contributed by atoms with Crippen molar-refractivity contribution in [3.05, 3.63) is 56.5 Å². The van der Waals surface area contributed by atoms with Gasteiger partial charge in [0.15, 0.2) is 0 Å². The lowest BCUT2D eigenvalue weighted by Crippen LogP contribution is -2.21. The Morgan fingerprint density at radius 3 is 2.10 bits per heavy atom. The Morgan fingerprint density at radius 2 is 1.59 bits per heavy atom. The molecular formula is C22H27Br2ClO4. The molecular weight excluding hydrogens is 523 g/mol. The van der Waals surface area contributed by atoms with Crippen LogP contribution < -0.4 is 9.47 Å². The number of ether oxygens (including phenoxy) is 2. The lowest BCUT2D eigenvalue weighted by molar-refractivity contribution is 0.0536. The van der Waals surface area contributed by atoms with Crippen molar-refractivity contribution in [3.8, 4) is 11.5 Å². The van der Waals surface area contributed by atoms with Gasteiger partial charge in [-0.25, -0.2) is 0 Å².